The number of anilines is 1. The third kappa shape index (κ3) is 3.05. The Hall–Kier alpha value is -2.14. The van der Waals surface area contributed by atoms with Crippen LogP contribution in [0.2, 0.25) is 0 Å². The summed E-state index contributed by atoms with van der Waals surface area (Å²) >= 11 is 0. The van der Waals surface area contributed by atoms with Gasteiger partial charge in [0, 0.05) is 0 Å². The monoisotopic (exact) mass is 272 g/mol. The van der Waals surface area contributed by atoms with E-state index in [9.17, 15) is 0 Å². The lowest BCUT2D eigenvalue weighted by atomic mass is 10.0. The zero-order chi connectivity index (χ0) is 14.5. The normalized spacial score (nSPS) is 10.7. The molecule has 0 aliphatic rings. The lowest BCUT2D eigenvalue weighted by Gasteiger charge is -2.12. The second-order valence-electron chi connectivity index (χ2n) is 4.83. The summed E-state index contributed by atoms with van der Waals surface area (Å²) in [6.07, 6.45) is 2.17. The smallest absolute Gasteiger partial charge is 0.227 e. The molecular formula is C15H20N4O. The Bertz CT molecular complexity index is 567. The first kappa shape index (κ1) is 14.3. The molecule has 0 bridgehead atoms. The van der Waals surface area contributed by atoms with Gasteiger partial charge in [-0.3, -0.25) is 0 Å². The average Bonchev–Trinajstić information content (AvgIpc) is 2.47. The molecule has 1 aromatic carbocycles. The number of nitrogens with two attached hydrogens (primary N) is 1. The second-order valence-corrected chi connectivity index (χ2v) is 4.83. The van der Waals surface area contributed by atoms with Crippen molar-refractivity contribution in [3.05, 3.63) is 41.7 Å². The number of nitrogens with one attached hydrogen (secondary N) is 1. The largest absolute Gasteiger partial charge is 0.439 e. The summed E-state index contributed by atoms with van der Waals surface area (Å²) in [5.41, 5.74) is 4.71. The number of aromatic nitrogens is 2. The van der Waals surface area contributed by atoms with Gasteiger partial charge in [0.2, 0.25) is 5.88 Å². The zero-order valence-corrected chi connectivity index (χ0v) is 12.1. The van der Waals surface area contributed by atoms with Crippen LogP contribution in [0, 0.1) is 0 Å². The third-order valence-corrected chi connectivity index (χ3v) is 3.16. The highest BCUT2D eigenvalue weighted by Gasteiger charge is 2.11. The van der Waals surface area contributed by atoms with E-state index in [4.69, 9.17) is 10.6 Å². The van der Waals surface area contributed by atoms with Gasteiger partial charge in [0.05, 0.1) is 5.56 Å². The molecule has 3 N–H and O–H groups in total. The van der Waals surface area contributed by atoms with Gasteiger partial charge in [0.25, 0.3) is 0 Å². The van der Waals surface area contributed by atoms with E-state index in [-0.39, 0.29) is 0 Å². The third-order valence-electron chi connectivity index (χ3n) is 3.16. The molecule has 0 saturated heterocycles. The number of benzene rings is 1. The molecule has 1 aromatic heterocycles. The van der Waals surface area contributed by atoms with Crippen LogP contribution in [-0.4, -0.2) is 9.97 Å². The Morgan fingerprint density at radius 1 is 1.20 bits per heavy atom. The molecule has 0 fully saturated rings. The van der Waals surface area contributed by atoms with Crippen LogP contribution in [-0.2, 0) is 6.42 Å². The summed E-state index contributed by atoms with van der Waals surface area (Å²) < 4.78 is 5.83. The average molecular weight is 272 g/mol. The van der Waals surface area contributed by atoms with Crippen LogP contribution >= 0.6 is 0 Å². The molecule has 0 saturated carbocycles. The molecule has 0 aliphatic carbocycles. The minimum atomic E-state index is 0.502. The predicted molar refractivity (Wildman–Crippen MR) is 79.8 cm³/mol. The maximum absolute atomic E-state index is 5.83. The van der Waals surface area contributed by atoms with Gasteiger partial charge in [-0.05, 0) is 30.0 Å². The SMILES string of the molecule is CCc1c(NN)ncnc1Oc1ccc(C(C)C)cc1. The molecule has 5 nitrogen and oxygen atoms in total. The van der Waals surface area contributed by atoms with Gasteiger partial charge < -0.3 is 10.2 Å². The van der Waals surface area contributed by atoms with Crippen molar-refractivity contribution in [3.8, 4) is 11.6 Å². The van der Waals surface area contributed by atoms with Crippen molar-refractivity contribution in [1.82, 2.24) is 9.97 Å². The van der Waals surface area contributed by atoms with Gasteiger partial charge in [-0.1, -0.05) is 32.9 Å². The summed E-state index contributed by atoms with van der Waals surface area (Å²) in [7, 11) is 0. The summed E-state index contributed by atoms with van der Waals surface area (Å²) in [6, 6.07) is 8.03. The predicted octanol–water partition coefficient (Wildman–Crippen LogP) is 3.24. The molecule has 0 aliphatic heterocycles. The van der Waals surface area contributed by atoms with Crippen LogP contribution in [0.25, 0.3) is 0 Å². The molecule has 0 atom stereocenters. The Morgan fingerprint density at radius 2 is 1.90 bits per heavy atom. The fraction of sp³-hybridized carbons (Fsp3) is 0.333. The van der Waals surface area contributed by atoms with Crippen molar-refractivity contribution in [2.75, 3.05) is 5.43 Å². The van der Waals surface area contributed by atoms with Crippen LogP contribution in [0.5, 0.6) is 11.6 Å². The molecule has 0 spiro atoms. The minimum Gasteiger partial charge on any atom is -0.439 e. The fourth-order valence-electron chi connectivity index (χ4n) is 1.96. The van der Waals surface area contributed by atoms with E-state index in [0.29, 0.717) is 17.6 Å². The number of hydrogen-bond donors (Lipinski definition) is 2. The van der Waals surface area contributed by atoms with Gasteiger partial charge in [0.15, 0.2) is 0 Å². The minimum absolute atomic E-state index is 0.502. The number of nitrogens with zero attached hydrogens (tertiary/aromatic N) is 2. The van der Waals surface area contributed by atoms with Crippen LogP contribution in [0.3, 0.4) is 0 Å². The maximum Gasteiger partial charge on any atom is 0.227 e. The van der Waals surface area contributed by atoms with Crippen molar-refractivity contribution in [2.45, 2.75) is 33.1 Å². The Balaban J connectivity index is 2.25. The number of hydrazine groups is 1. The van der Waals surface area contributed by atoms with E-state index in [0.717, 1.165) is 17.7 Å². The quantitative estimate of drug-likeness (QED) is 0.645. The lowest BCUT2D eigenvalue weighted by Crippen LogP contribution is -2.12. The van der Waals surface area contributed by atoms with Gasteiger partial charge in [0.1, 0.15) is 17.9 Å². The Morgan fingerprint density at radius 3 is 2.45 bits per heavy atom. The van der Waals surface area contributed by atoms with E-state index in [1.165, 1.54) is 11.9 Å². The molecular weight excluding hydrogens is 252 g/mol. The first-order valence-corrected chi connectivity index (χ1v) is 6.74. The van der Waals surface area contributed by atoms with Crippen molar-refractivity contribution < 1.29 is 4.74 Å². The topological polar surface area (TPSA) is 73.1 Å². The number of nitrogen functional groups attached to an aromatic ring is 1. The summed E-state index contributed by atoms with van der Waals surface area (Å²) in [5, 5.41) is 0. The first-order valence-electron chi connectivity index (χ1n) is 6.74. The number of rotatable bonds is 5. The van der Waals surface area contributed by atoms with Crippen LogP contribution < -0.4 is 16.0 Å². The number of hydrogen-bond acceptors (Lipinski definition) is 5. The van der Waals surface area contributed by atoms with E-state index in [1.807, 2.05) is 19.1 Å². The van der Waals surface area contributed by atoms with E-state index in [2.05, 4.69) is 41.4 Å². The van der Waals surface area contributed by atoms with Crippen molar-refractivity contribution >= 4 is 5.82 Å². The van der Waals surface area contributed by atoms with Crippen molar-refractivity contribution in [1.29, 1.82) is 0 Å². The highest BCUT2D eigenvalue weighted by molar-refractivity contribution is 5.48. The number of ether oxygens (including phenoxy) is 1. The standard InChI is InChI=1S/C15H20N4O/c1-4-13-14(19-16)17-9-18-15(13)20-12-7-5-11(6-8-12)10(2)3/h5-10H,4,16H2,1-3H3,(H,17,18,19). The van der Waals surface area contributed by atoms with E-state index >= 15 is 0 Å². The molecule has 0 amide bonds. The summed E-state index contributed by atoms with van der Waals surface area (Å²) in [6.45, 7) is 6.33. The van der Waals surface area contributed by atoms with Crippen molar-refractivity contribution in [2.24, 2.45) is 5.84 Å². The summed E-state index contributed by atoms with van der Waals surface area (Å²) in [5.74, 6) is 7.83. The molecule has 106 valence electrons. The van der Waals surface area contributed by atoms with E-state index in [1.54, 1.807) is 0 Å². The van der Waals surface area contributed by atoms with Crippen molar-refractivity contribution in [3.63, 3.8) is 0 Å². The van der Waals surface area contributed by atoms with Crippen LogP contribution in [0.15, 0.2) is 30.6 Å². The highest BCUT2D eigenvalue weighted by atomic mass is 16.5. The lowest BCUT2D eigenvalue weighted by molar-refractivity contribution is 0.455. The molecule has 2 rings (SSSR count). The first-order chi connectivity index (χ1) is 9.65. The van der Waals surface area contributed by atoms with Crippen LogP contribution in [0.1, 0.15) is 37.8 Å². The summed E-state index contributed by atoms with van der Waals surface area (Å²) in [4.78, 5) is 8.26. The van der Waals surface area contributed by atoms with Gasteiger partial charge >= 0.3 is 0 Å². The zero-order valence-electron chi connectivity index (χ0n) is 12.1. The molecule has 20 heavy (non-hydrogen) atoms. The van der Waals surface area contributed by atoms with Gasteiger partial charge in [-0.2, -0.15) is 0 Å². The second kappa shape index (κ2) is 6.34. The molecule has 0 radical (unpaired) electrons. The molecule has 1 heterocycles. The van der Waals surface area contributed by atoms with Gasteiger partial charge in [-0.15, -0.1) is 0 Å². The Labute approximate surface area is 119 Å². The Kier molecular flexibility index (Phi) is 4.53. The maximum atomic E-state index is 5.83. The van der Waals surface area contributed by atoms with Gasteiger partial charge in [-0.25, -0.2) is 15.8 Å². The van der Waals surface area contributed by atoms with E-state index < -0.39 is 0 Å². The molecule has 2 aromatic rings. The molecule has 5 heteroatoms. The fourth-order valence-corrected chi connectivity index (χ4v) is 1.96. The highest BCUT2D eigenvalue weighted by Crippen LogP contribution is 2.28. The van der Waals surface area contributed by atoms with Crippen LogP contribution in [0.4, 0.5) is 5.82 Å². The molecule has 0 unspecified atom stereocenters.